The second-order valence-corrected chi connectivity index (χ2v) is 7.75. The van der Waals surface area contributed by atoms with Gasteiger partial charge in [0.05, 0.1) is 11.7 Å². The zero-order valence-electron chi connectivity index (χ0n) is 17.6. The number of halogens is 1. The lowest BCUT2D eigenvalue weighted by atomic mass is 10.0. The van der Waals surface area contributed by atoms with Crippen LogP contribution in [0.25, 0.3) is 0 Å². The minimum absolute atomic E-state index is 0.0292. The van der Waals surface area contributed by atoms with Crippen LogP contribution in [0.4, 0.5) is 0 Å². The first kappa shape index (κ1) is 25.7. The zero-order chi connectivity index (χ0) is 22.8. The minimum Gasteiger partial charge on any atom is -0.491 e. The number of ether oxygens (including phenoxy) is 1. The maximum atomic E-state index is 12.9. The normalized spacial score (nSPS) is 14.0. The molecule has 10 heteroatoms. The monoisotopic (exact) mass is 443 g/mol. The molecule has 1 aromatic carbocycles. The van der Waals surface area contributed by atoms with Gasteiger partial charge in [-0.05, 0) is 44.5 Å². The van der Waals surface area contributed by atoms with Crippen molar-refractivity contribution in [1.29, 1.82) is 0 Å². The van der Waals surface area contributed by atoms with Crippen LogP contribution in [0, 0.1) is 5.92 Å². The minimum atomic E-state index is -1.49. The predicted octanol–water partition coefficient (Wildman–Crippen LogP) is 1.03. The van der Waals surface area contributed by atoms with E-state index in [4.69, 9.17) is 16.3 Å². The smallest absolute Gasteiger partial charge is 0.328 e. The number of rotatable bonds is 12. The Morgan fingerprint density at radius 1 is 1.17 bits per heavy atom. The van der Waals surface area contributed by atoms with Crippen molar-refractivity contribution in [3.8, 4) is 5.75 Å². The van der Waals surface area contributed by atoms with Gasteiger partial charge in [0, 0.05) is 11.6 Å². The molecule has 0 aliphatic rings. The van der Waals surface area contributed by atoms with E-state index in [0.29, 0.717) is 23.9 Å². The highest BCUT2D eigenvalue weighted by atomic mass is 35.5. The first-order valence-electron chi connectivity index (χ1n) is 9.65. The molecule has 0 saturated carbocycles. The molecule has 3 atom stereocenters. The van der Waals surface area contributed by atoms with Gasteiger partial charge >= 0.3 is 5.97 Å². The molecule has 0 unspecified atom stereocenters. The van der Waals surface area contributed by atoms with E-state index in [-0.39, 0.29) is 17.9 Å². The highest BCUT2D eigenvalue weighted by molar-refractivity contribution is 6.31. The fourth-order valence-corrected chi connectivity index (χ4v) is 2.82. The van der Waals surface area contributed by atoms with Gasteiger partial charge in [-0.3, -0.25) is 9.59 Å². The summed E-state index contributed by atoms with van der Waals surface area (Å²) in [6.07, 6.45) is -1.04. The second kappa shape index (κ2) is 12.4. The van der Waals surface area contributed by atoms with Crippen molar-refractivity contribution in [2.45, 2.75) is 45.4 Å². The molecule has 30 heavy (non-hydrogen) atoms. The topological polar surface area (TPSA) is 137 Å². The molecule has 1 aromatic rings. The lowest BCUT2D eigenvalue weighted by molar-refractivity contribution is -0.145. The highest BCUT2D eigenvalue weighted by Gasteiger charge is 2.30. The van der Waals surface area contributed by atoms with Crippen molar-refractivity contribution in [3.63, 3.8) is 0 Å². The number of likely N-dealkylation sites (N-methyl/N-ethyl adjacent to an activating group) is 1. The number of aliphatic hydroxyl groups is 1. The largest absolute Gasteiger partial charge is 0.491 e. The van der Waals surface area contributed by atoms with E-state index < -0.39 is 36.0 Å². The summed E-state index contributed by atoms with van der Waals surface area (Å²) in [5.74, 6) is -2.32. The van der Waals surface area contributed by atoms with Crippen molar-refractivity contribution in [3.05, 3.63) is 28.8 Å². The van der Waals surface area contributed by atoms with Crippen LogP contribution in [-0.4, -0.2) is 66.4 Å². The van der Waals surface area contributed by atoms with Gasteiger partial charge < -0.3 is 30.9 Å². The number of aliphatic hydroxyl groups excluding tert-OH is 1. The first-order valence-corrected chi connectivity index (χ1v) is 10.0. The van der Waals surface area contributed by atoms with Gasteiger partial charge in [0.2, 0.25) is 5.91 Å². The summed E-state index contributed by atoms with van der Waals surface area (Å²) < 4.78 is 5.61. The maximum absolute atomic E-state index is 12.9. The van der Waals surface area contributed by atoms with E-state index in [1.807, 2.05) is 13.8 Å². The maximum Gasteiger partial charge on any atom is 0.328 e. The zero-order valence-corrected chi connectivity index (χ0v) is 18.3. The molecule has 0 aromatic heterocycles. The number of hydrogen-bond acceptors (Lipinski definition) is 6. The van der Waals surface area contributed by atoms with Crippen LogP contribution in [0.1, 0.15) is 37.6 Å². The Kier molecular flexibility index (Phi) is 10.6. The summed E-state index contributed by atoms with van der Waals surface area (Å²) in [4.78, 5) is 36.8. The summed E-state index contributed by atoms with van der Waals surface area (Å²) in [5, 5.41) is 27.0. The number of carboxylic acids is 1. The fourth-order valence-electron chi connectivity index (χ4n) is 2.65. The van der Waals surface area contributed by atoms with Crippen LogP contribution in [0.3, 0.4) is 0 Å². The van der Waals surface area contributed by atoms with Gasteiger partial charge in [-0.1, -0.05) is 25.4 Å². The summed E-state index contributed by atoms with van der Waals surface area (Å²) in [5.41, 5.74) is 0.158. The van der Waals surface area contributed by atoms with Crippen molar-refractivity contribution in [2.24, 2.45) is 5.92 Å². The average molecular weight is 444 g/mol. The molecule has 1 rings (SSSR count). The molecule has 9 nitrogen and oxygen atoms in total. The second-order valence-electron chi connectivity index (χ2n) is 7.31. The molecule has 0 fully saturated rings. The van der Waals surface area contributed by atoms with E-state index in [2.05, 4.69) is 16.0 Å². The Hall–Kier alpha value is -2.36. The van der Waals surface area contributed by atoms with E-state index >= 15 is 0 Å². The Bertz CT molecular complexity index is 741. The Morgan fingerprint density at radius 3 is 2.37 bits per heavy atom. The van der Waals surface area contributed by atoms with Crippen molar-refractivity contribution in [2.75, 3.05) is 20.2 Å². The van der Waals surface area contributed by atoms with Gasteiger partial charge in [-0.15, -0.1) is 0 Å². The quantitative estimate of drug-likeness (QED) is 0.304. The van der Waals surface area contributed by atoms with Gasteiger partial charge in [0.15, 0.2) is 6.04 Å². The Labute approximate surface area is 181 Å². The molecule has 0 aliphatic heterocycles. The Morgan fingerprint density at radius 2 is 1.83 bits per heavy atom. The van der Waals surface area contributed by atoms with E-state index in [1.165, 1.54) is 13.0 Å². The molecular formula is C20H30ClN3O6. The fraction of sp³-hybridized carbons (Fsp3) is 0.550. The number of nitrogens with one attached hydrogen (secondary N) is 3. The molecule has 0 radical (unpaired) electrons. The van der Waals surface area contributed by atoms with Crippen LogP contribution < -0.4 is 20.7 Å². The van der Waals surface area contributed by atoms with Crippen molar-refractivity contribution in [1.82, 2.24) is 16.0 Å². The van der Waals surface area contributed by atoms with Gasteiger partial charge in [0.1, 0.15) is 18.4 Å². The third-order valence-corrected chi connectivity index (χ3v) is 4.41. The van der Waals surface area contributed by atoms with Gasteiger partial charge in [0.25, 0.3) is 5.91 Å². The first-order chi connectivity index (χ1) is 14.1. The standard InChI is InChI=1S/C20H30ClN3O6/c1-11(2)9-15(19(27)24-17(12(3)25)20(28)29)23-18(26)14-10-13(21)5-6-16(14)30-8-7-22-4/h5-6,10-12,15,17,22,25H,7-9H2,1-4H3,(H,23,26)(H,24,27)(H,28,29)/t12-,15+,17+/m1/s1. The lowest BCUT2D eigenvalue weighted by Crippen LogP contribution is -2.55. The van der Waals surface area contributed by atoms with Crippen LogP contribution in [-0.2, 0) is 9.59 Å². The molecule has 0 heterocycles. The predicted molar refractivity (Wildman–Crippen MR) is 113 cm³/mol. The number of hydrogen-bond donors (Lipinski definition) is 5. The summed E-state index contributed by atoms with van der Waals surface area (Å²) in [7, 11) is 1.77. The number of carbonyl (C=O) groups excluding carboxylic acids is 2. The SMILES string of the molecule is CNCCOc1ccc(Cl)cc1C(=O)N[C@@H](CC(C)C)C(=O)N[C@H](C(=O)O)[C@@H](C)O. The summed E-state index contributed by atoms with van der Waals surface area (Å²) >= 11 is 6.02. The molecule has 168 valence electrons. The number of carboxylic acid groups (broad SMARTS) is 1. The average Bonchev–Trinajstić information content (AvgIpc) is 2.65. The highest BCUT2D eigenvalue weighted by Crippen LogP contribution is 2.23. The van der Waals surface area contributed by atoms with Crippen molar-refractivity contribution < 1.29 is 29.3 Å². The number of carbonyl (C=O) groups is 3. The summed E-state index contributed by atoms with van der Waals surface area (Å²) in [6, 6.07) is 2.09. The third-order valence-electron chi connectivity index (χ3n) is 4.17. The van der Waals surface area contributed by atoms with Crippen LogP contribution >= 0.6 is 11.6 Å². The molecule has 0 aliphatic carbocycles. The molecule has 0 saturated heterocycles. The number of benzene rings is 1. The third kappa shape index (κ3) is 8.17. The van der Waals surface area contributed by atoms with Crippen molar-refractivity contribution >= 4 is 29.4 Å². The molecule has 2 amide bonds. The van der Waals surface area contributed by atoms with Crippen LogP contribution in [0.15, 0.2) is 18.2 Å². The molecular weight excluding hydrogens is 414 g/mol. The van der Waals surface area contributed by atoms with Gasteiger partial charge in [-0.25, -0.2) is 4.79 Å². The van der Waals surface area contributed by atoms with Crippen LogP contribution in [0.5, 0.6) is 5.75 Å². The van der Waals surface area contributed by atoms with E-state index in [9.17, 15) is 24.6 Å². The molecule has 0 bridgehead atoms. The lowest BCUT2D eigenvalue weighted by Gasteiger charge is -2.24. The Balaban J connectivity index is 3.05. The van der Waals surface area contributed by atoms with Gasteiger partial charge in [-0.2, -0.15) is 0 Å². The molecule has 5 N–H and O–H groups in total. The number of aliphatic carboxylic acids is 1. The van der Waals surface area contributed by atoms with Crippen LogP contribution in [0.2, 0.25) is 5.02 Å². The summed E-state index contributed by atoms with van der Waals surface area (Å²) in [6.45, 7) is 5.87. The van der Waals surface area contributed by atoms with E-state index in [0.717, 1.165) is 0 Å². The molecule has 0 spiro atoms. The number of amides is 2. The van der Waals surface area contributed by atoms with E-state index in [1.54, 1.807) is 19.2 Å².